The molecule has 2 aliphatic heterocycles. The number of anilines is 1. The molecule has 1 unspecified atom stereocenters. The summed E-state index contributed by atoms with van der Waals surface area (Å²) in [6, 6.07) is 4.12. The summed E-state index contributed by atoms with van der Waals surface area (Å²) in [7, 11) is 1.82. The number of aromatic nitrogens is 1. The van der Waals surface area contributed by atoms with E-state index in [-0.39, 0.29) is 24.0 Å². The minimum absolute atomic E-state index is 0. The SMILES string of the molecule is CN=C(NCCN1CCC1)NC1CCN(c2ncccc2Cl)C1.I. The molecule has 3 heterocycles. The highest BCUT2D eigenvalue weighted by Crippen LogP contribution is 2.25. The smallest absolute Gasteiger partial charge is 0.191 e. The van der Waals surface area contributed by atoms with Crippen LogP contribution < -0.4 is 15.5 Å². The van der Waals surface area contributed by atoms with Gasteiger partial charge in [-0.1, -0.05) is 11.6 Å². The van der Waals surface area contributed by atoms with Gasteiger partial charge in [-0.25, -0.2) is 4.98 Å². The van der Waals surface area contributed by atoms with Crippen LogP contribution in [0.4, 0.5) is 5.82 Å². The highest BCUT2D eigenvalue weighted by atomic mass is 127. The molecule has 0 amide bonds. The van der Waals surface area contributed by atoms with Crippen molar-refractivity contribution in [2.24, 2.45) is 4.99 Å². The first kappa shape index (κ1) is 19.5. The number of guanidine groups is 1. The Morgan fingerprint density at radius 1 is 1.42 bits per heavy atom. The van der Waals surface area contributed by atoms with E-state index < -0.39 is 0 Å². The van der Waals surface area contributed by atoms with E-state index in [1.54, 1.807) is 6.20 Å². The van der Waals surface area contributed by atoms with Gasteiger partial charge >= 0.3 is 0 Å². The Kier molecular flexibility index (Phi) is 7.83. The van der Waals surface area contributed by atoms with Crippen molar-refractivity contribution in [3.05, 3.63) is 23.4 Å². The molecule has 2 saturated heterocycles. The van der Waals surface area contributed by atoms with Crippen molar-refractivity contribution in [3.63, 3.8) is 0 Å². The Bertz CT molecular complexity index is 551. The molecule has 0 aromatic carbocycles. The van der Waals surface area contributed by atoms with Gasteiger partial charge < -0.3 is 20.4 Å². The van der Waals surface area contributed by atoms with Gasteiger partial charge in [-0.15, -0.1) is 24.0 Å². The Labute approximate surface area is 166 Å². The molecule has 0 spiro atoms. The van der Waals surface area contributed by atoms with E-state index in [2.05, 4.69) is 30.4 Å². The van der Waals surface area contributed by atoms with Gasteiger partial charge in [0.2, 0.25) is 0 Å². The molecule has 1 aromatic rings. The summed E-state index contributed by atoms with van der Waals surface area (Å²) in [5.74, 6) is 1.75. The molecular formula is C16H26ClIN6. The van der Waals surface area contributed by atoms with E-state index in [9.17, 15) is 0 Å². The molecule has 6 nitrogen and oxygen atoms in total. The number of nitrogens with one attached hydrogen (secondary N) is 2. The van der Waals surface area contributed by atoms with Gasteiger partial charge in [0.05, 0.1) is 5.02 Å². The third kappa shape index (κ3) is 5.10. The van der Waals surface area contributed by atoms with Crippen molar-refractivity contribution in [3.8, 4) is 0 Å². The van der Waals surface area contributed by atoms with Crippen molar-refractivity contribution in [2.75, 3.05) is 51.2 Å². The topological polar surface area (TPSA) is 55.8 Å². The summed E-state index contributed by atoms with van der Waals surface area (Å²) < 4.78 is 0. The molecule has 2 aliphatic rings. The quantitative estimate of drug-likeness (QED) is 0.395. The van der Waals surface area contributed by atoms with Crippen LogP contribution in [0.5, 0.6) is 0 Å². The van der Waals surface area contributed by atoms with E-state index >= 15 is 0 Å². The van der Waals surface area contributed by atoms with Crippen LogP contribution in [0, 0.1) is 0 Å². The van der Waals surface area contributed by atoms with Gasteiger partial charge in [-0.05, 0) is 38.1 Å². The molecule has 2 fully saturated rings. The zero-order valence-corrected chi connectivity index (χ0v) is 17.1. The molecule has 0 saturated carbocycles. The number of aliphatic imine (C=N–C) groups is 1. The molecule has 0 radical (unpaired) electrons. The predicted octanol–water partition coefficient (Wildman–Crippen LogP) is 1.80. The van der Waals surface area contributed by atoms with Crippen LogP contribution in [-0.4, -0.2) is 68.2 Å². The van der Waals surface area contributed by atoms with Gasteiger partial charge in [-0.2, -0.15) is 0 Å². The van der Waals surface area contributed by atoms with E-state index in [0.29, 0.717) is 11.1 Å². The van der Waals surface area contributed by atoms with Crippen molar-refractivity contribution >= 4 is 47.4 Å². The van der Waals surface area contributed by atoms with Crippen molar-refractivity contribution < 1.29 is 0 Å². The van der Waals surface area contributed by atoms with Gasteiger partial charge in [0.25, 0.3) is 0 Å². The molecule has 3 rings (SSSR count). The summed E-state index contributed by atoms with van der Waals surface area (Å²) in [6.45, 7) is 6.33. The zero-order valence-electron chi connectivity index (χ0n) is 14.0. The maximum Gasteiger partial charge on any atom is 0.191 e. The highest BCUT2D eigenvalue weighted by molar-refractivity contribution is 14.0. The second-order valence-corrected chi connectivity index (χ2v) is 6.49. The number of hydrogen-bond donors (Lipinski definition) is 2. The Balaban J connectivity index is 0.00000208. The van der Waals surface area contributed by atoms with Crippen LogP contribution in [0.25, 0.3) is 0 Å². The van der Waals surface area contributed by atoms with Gasteiger partial charge in [0.15, 0.2) is 5.96 Å². The third-order valence-electron chi connectivity index (χ3n) is 4.46. The number of halogens is 2. The largest absolute Gasteiger partial charge is 0.355 e. The molecule has 134 valence electrons. The number of hydrogen-bond acceptors (Lipinski definition) is 4. The van der Waals surface area contributed by atoms with E-state index in [1.165, 1.54) is 19.5 Å². The number of nitrogens with zero attached hydrogens (tertiary/aromatic N) is 4. The fourth-order valence-corrected chi connectivity index (χ4v) is 3.25. The highest BCUT2D eigenvalue weighted by Gasteiger charge is 2.25. The Morgan fingerprint density at radius 3 is 2.92 bits per heavy atom. The van der Waals surface area contributed by atoms with Crippen molar-refractivity contribution in [2.45, 2.75) is 18.9 Å². The molecule has 0 aliphatic carbocycles. The number of pyridine rings is 1. The first-order chi connectivity index (χ1) is 11.3. The van der Waals surface area contributed by atoms with E-state index in [0.717, 1.165) is 44.4 Å². The van der Waals surface area contributed by atoms with Crippen LogP contribution in [0.15, 0.2) is 23.3 Å². The minimum atomic E-state index is 0. The zero-order chi connectivity index (χ0) is 16.1. The molecule has 1 aromatic heterocycles. The standard InChI is InChI=1S/C16H25ClN6.HI/c1-18-16(20-7-11-22-8-3-9-22)21-13-5-10-23(12-13)15-14(17)4-2-6-19-15;/h2,4,6,13H,3,5,7-12H2,1H3,(H2,18,20,21);1H. The normalized spacial score (nSPS) is 21.2. The maximum absolute atomic E-state index is 6.24. The van der Waals surface area contributed by atoms with Crippen LogP contribution in [0.1, 0.15) is 12.8 Å². The number of likely N-dealkylation sites (tertiary alicyclic amines) is 1. The summed E-state index contributed by atoms with van der Waals surface area (Å²) in [6.07, 6.45) is 4.18. The fraction of sp³-hybridized carbons (Fsp3) is 0.625. The molecule has 1 atom stereocenters. The van der Waals surface area contributed by atoms with E-state index in [1.807, 2.05) is 19.2 Å². The molecule has 24 heavy (non-hydrogen) atoms. The van der Waals surface area contributed by atoms with Crippen LogP contribution in [-0.2, 0) is 0 Å². The molecule has 0 bridgehead atoms. The summed E-state index contributed by atoms with van der Waals surface area (Å²) in [5, 5.41) is 7.61. The van der Waals surface area contributed by atoms with Gasteiger partial charge in [0, 0.05) is 45.5 Å². The van der Waals surface area contributed by atoms with Crippen LogP contribution >= 0.6 is 35.6 Å². The lowest BCUT2D eigenvalue weighted by Gasteiger charge is -2.30. The summed E-state index contributed by atoms with van der Waals surface area (Å²) in [4.78, 5) is 13.4. The van der Waals surface area contributed by atoms with E-state index in [4.69, 9.17) is 11.6 Å². The number of rotatable bonds is 5. The minimum Gasteiger partial charge on any atom is -0.355 e. The first-order valence-electron chi connectivity index (χ1n) is 8.31. The summed E-state index contributed by atoms with van der Waals surface area (Å²) >= 11 is 6.24. The fourth-order valence-electron chi connectivity index (χ4n) is 3.01. The Hall–Kier alpha value is -0.800. The lowest BCUT2D eigenvalue weighted by molar-refractivity contribution is 0.185. The van der Waals surface area contributed by atoms with Crippen LogP contribution in [0.2, 0.25) is 5.02 Å². The van der Waals surface area contributed by atoms with Crippen molar-refractivity contribution in [1.82, 2.24) is 20.5 Å². The second-order valence-electron chi connectivity index (χ2n) is 6.08. The van der Waals surface area contributed by atoms with Gasteiger partial charge in [-0.3, -0.25) is 4.99 Å². The van der Waals surface area contributed by atoms with Crippen molar-refractivity contribution in [1.29, 1.82) is 0 Å². The average Bonchev–Trinajstić information content (AvgIpc) is 2.97. The lowest BCUT2D eigenvalue weighted by Crippen LogP contribution is -2.48. The molecule has 8 heteroatoms. The maximum atomic E-state index is 6.24. The molecule has 2 N–H and O–H groups in total. The predicted molar refractivity (Wildman–Crippen MR) is 111 cm³/mol. The lowest BCUT2D eigenvalue weighted by atomic mass is 10.2. The third-order valence-corrected chi connectivity index (χ3v) is 4.76. The second kappa shape index (κ2) is 9.62. The van der Waals surface area contributed by atoms with Crippen LogP contribution in [0.3, 0.4) is 0 Å². The monoisotopic (exact) mass is 464 g/mol. The van der Waals surface area contributed by atoms with Gasteiger partial charge in [0.1, 0.15) is 5.82 Å². The average molecular weight is 465 g/mol. The summed E-state index contributed by atoms with van der Waals surface area (Å²) in [5.41, 5.74) is 0. The molecular weight excluding hydrogens is 439 g/mol. The Morgan fingerprint density at radius 2 is 2.25 bits per heavy atom. The first-order valence-corrected chi connectivity index (χ1v) is 8.69.